The molecule has 0 amide bonds. The SMILES string of the molecule is NC(CC1CCC(C2CC2)c2ccccc21)OC(=O)C(F)(F)F. The Bertz CT molecular complexity index is 583. The molecule has 0 aliphatic heterocycles. The van der Waals surface area contributed by atoms with Crippen LogP contribution < -0.4 is 5.73 Å². The minimum Gasteiger partial charge on any atom is -0.440 e. The van der Waals surface area contributed by atoms with E-state index in [1.165, 1.54) is 18.4 Å². The van der Waals surface area contributed by atoms with Crippen molar-refractivity contribution in [2.45, 2.75) is 56.3 Å². The van der Waals surface area contributed by atoms with E-state index in [1.807, 2.05) is 18.2 Å². The molecule has 23 heavy (non-hydrogen) atoms. The van der Waals surface area contributed by atoms with E-state index in [2.05, 4.69) is 10.8 Å². The van der Waals surface area contributed by atoms with Gasteiger partial charge in [-0.2, -0.15) is 13.2 Å². The van der Waals surface area contributed by atoms with Crippen molar-refractivity contribution < 1.29 is 22.7 Å². The van der Waals surface area contributed by atoms with Gasteiger partial charge in [-0.1, -0.05) is 24.3 Å². The summed E-state index contributed by atoms with van der Waals surface area (Å²) in [6, 6.07) is 8.07. The van der Waals surface area contributed by atoms with Crippen LogP contribution in [0.2, 0.25) is 0 Å². The van der Waals surface area contributed by atoms with E-state index < -0.39 is 18.4 Å². The first kappa shape index (κ1) is 16.3. The van der Waals surface area contributed by atoms with Gasteiger partial charge in [0.1, 0.15) is 0 Å². The second-order valence-corrected chi connectivity index (χ2v) is 6.52. The molecule has 1 aromatic carbocycles. The molecule has 3 nitrogen and oxygen atoms in total. The van der Waals surface area contributed by atoms with Crippen molar-refractivity contribution in [3.05, 3.63) is 35.4 Å². The lowest BCUT2D eigenvalue weighted by molar-refractivity contribution is -0.205. The average Bonchev–Trinajstić information content (AvgIpc) is 3.31. The summed E-state index contributed by atoms with van der Waals surface area (Å²) in [5.74, 6) is -0.882. The largest absolute Gasteiger partial charge is 0.490 e. The fourth-order valence-corrected chi connectivity index (χ4v) is 3.68. The van der Waals surface area contributed by atoms with Gasteiger partial charge >= 0.3 is 12.1 Å². The summed E-state index contributed by atoms with van der Waals surface area (Å²) in [6.07, 6.45) is -1.62. The number of nitrogens with two attached hydrogens (primary N) is 1. The zero-order chi connectivity index (χ0) is 16.6. The van der Waals surface area contributed by atoms with Crippen molar-refractivity contribution in [1.29, 1.82) is 0 Å². The average molecular weight is 327 g/mol. The smallest absolute Gasteiger partial charge is 0.440 e. The molecule has 0 saturated heterocycles. The molecule has 1 fully saturated rings. The third-order valence-corrected chi connectivity index (χ3v) is 4.86. The highest BCUT2D eigenvalue weighted by atomic mass is 19.4. The number of benzene rings is 1. The lowest BCUT2D eigenvalue weighted by Crippen LogP contribution is -2.36. The lowest BCUT2D eigenvalue weighted by Gasteiger charge is -2.33. The molecule has 0 spiro atoms. The summed E-state index contributed by atoms with van der Waals surface area (Å²) in [6.45, 7) is 0. The summed E-state index contributed by atoms with van der Waals surface area (Å²) in [7, 11) is 0. The van der Waals surface area contributed by atoms with Gasteiger partial charge in [0.2, 0.25) is 0 Å². The number of alkyl halides is 3. The highest BCUT2D eigenvalue weighted by Gasteiger charge is 2.42. The monoisotopic (exact) mass is 327 g/mol. The van der Waals surface area contributed by atoms with Gasteiger partial charge in [-0.05, 0) is 54.6 Å². The summed E-state index contributed by atoms with van der Waals surface area (Å²) in [5, 5.41) is 0. The van der Waals surface area contributed by atoms with Crippen LogP contribution in [-0.4, -0.2) is 18.4 Å². The fourth-order valence-electron chi connectivity index (χ4n) is 3.68. The summed E-state index contributed by atoms with van der Waals surface area (Å²) in [4.78, 5) is 10.9. The predicted octanol–water partition coefficient (Wildman–Crippen LogP) is 3.84. The van der Waals surface area contributed by atoms with Gasteiger partial charge in [-0.15, -0.1) is 0 Å². The predicted molar refractivity (Wildman–Crippen MR) is 78.6 cm³/mol. The number of hydrogen-bond acceptors (Lipinski definition) is 3. The van der Waals surface area contributed by atoms with Crippen LogP contribution in [0, 0.1) is 5.92 Å². The first-order valence-corrected chi connectivity index (χ1v) is 7.98. The van der Waals surface area contributed by atoms with Crippen LogP contribution in [0.1, 0.15) is 55.1 Å². The molecule has 2 N–H and O–H groups in total. The number of fused-ring (bicyclic) bond motifs is 1. The second-order valence-electron chi connectivity index (χ2n) is 6.52. The molecule has 0 bridgehead atoms. The molecular formula is C17H20F3NO2. The van der Waals surface area contributed by atoms with Gasteiger partial charge in [0.25, 0.3) is 0 Å². The molecule has 3 unspecified atom stereocenters. The third kappa shape index (κ3) is 3.68. The Morgan fingerprint density at radius 1 is 1.17 bits per heavy atom. The first-order valence-electron chi connectivity index (χ1n) is 7.98. The van der Waals surface area contributed by atoms with Gasteiger partial charge in [0.15, 0.2) is 6.23 Å². The van der Waals surface area contributed by atoms with Crippen LogP contribution in [-0.2, 0) is 9.53 Å². The zero-order valence-corrected chi connectivity index (χ0v) is 12.7. The van der Waals surface area contributed by atoms with E-state index in [9.17, 15) is 18.0 Å². The molecule has 2 aliphatic rings. The minimum absolute atomic E-state index is 0.0391. The van der Waals surface area contributed by atoms with E-state index >= 15 is 0 Å². The number of hydrogen-bond donors (Lipinski definition) is 1. The van der Waals surface area contributed by atoms with Crippen molar-refractivity contribution in [1.82, 2.24) is 0 Å². The highest BCUT2D eigenvalue weighted by molar-refractivity contribution is 5.75. The number of esters is 1. The molecule has 126 valence electrons. The highest BCUT2D eigenvalue weighted by Crippen LogP contribution is 2.51. The Morgan fingerprint density at radius 2 is 1.83 bits per heavy atom. The van der Waals surface area contributed by atoms with Gasteiger partial charge in [-0.3, -0.25) is 5.73 Å². The third-order valence-electron chi connectivity index (χ3n) is 4.86. The van der Waals surface area contributed by atoms with Crippen LogP contribution in [0.5, 0.6) is 0 Å². The van der Waals surface area contributed by atoms with Crippen LogP contribution in [0.4, 0.5) is 13.2 Å². The maximum atomic E-state index is 12.2. The number of carbonyl (C=O) groups is 1. The Balaban J connectivity index is 1.69. The van der Waals surface area contributed by atoms with Crippen molar-refractivity contribution in [3.63, 3.8) is 0 Å². The fraction of sp³-hybridized carbons (Fsp3) is 0.588. The molecule has 3 rings (SSSR count). The Kier molecular flexibility index (Phi) is 4.36. The van der Waals surface area contributed by atoms with Crippen molar-refractivity contribution in [2.75, 3.05) is 0 Å². The normalized spacial score (nSPS) is 25.6. The van der Waals surface area contributed by atoms with Crippen LogP contribution in [0.15, 0.2) is 24.3 Å². The maximum Gasteiger partial charge on any atom is 0.490 e. The Hall–Kier alpha value is -1.56. The molecule has 0 heterocycles. The summed E-state index contributed by atoms with van der Waals surface area (Å²) >= 11 is 0. The first-order chi connectivity index (χ1) is 10.9. The van der Waals surface area contributed by atoms with Gasteiger partial charge in [0, 0.05) is 6.42 Å². The quantitative estimate of drug-likeness (QED) is 0.675. The molecule has 3 atom stereocenters. The maximum absolute atomic E-state index is 12.2. The molecule has 6 heteroatoms. The van der Waals surface area contributed by atoms with Gasteiger partial charge < -0.3 is 4.74 Å². The standard InChI is InChI=1S/C17H20F3NO2/c18-17(19,20)16(22)23-15(21)9-11-7-8-13(10-5-6-10)14-4-2-1-3-12(11)14/h1-4,10-11,13,15H,5-9,21H2. The van der Waals surface area contributed by atoms with E-state index in [4.69, 9.17) is 5.73 Å². The lowest BCUT2D eigenvalue weighted by atomic mass is 9.73. The summed E-state index contributed by atoms with van der Waals surface area (Å²) in [5.41, 5.74) is 8.06. The van der Waals surface area contributed by atoms with Crippen LogP contribution in [0.25, 0.3) is 0 Å². The van der Waals surface area contributed by atoms with Crippen LogP contribution in [0.3, 0.4) is 0 Å². The topological polar surface area (TPSA) is 52.3 Å². The number of ether oxygens (including phenoxy) is 1. The van der Waals surface area contributed by atoms with E-state index in [0.717, 1.165) is 24.3 Å². The Morgan fingerprint density at radius 3 is 2.43 bits per heavy atom. The Labute approximate surface area is 133 Å². The van der Waals surface area contributed by atoms with E-state index in [-0.39, 0.29) is 12.3 Å². The van der Waals surface area contributed by atoms with Crippen molar-refractivity contribution in [2.24, 2.45) is 11.7 Å². The van der Waals surface area contributed by atoms with Crippen molar-refractivity contribution in [3.8, 4) is 0 Å². The molecule has 0 aromatic heterocycles. The van der Waals surface area contributed by atoms with Gasteiger partial charge in [0.05, 0.1) is 0 Å². The van der Waals surface area contributed by atoms with Gasteiger partial charge in [-0.25, -0.2) is 4.79 Å². The number of rotatable bonds is 4. The molecule has 1 saturated carbocycles. The second kappa shape index (κ2) is 6.15. The van der Waals surface area contributed by atoms with Crippen molar-refractivity contribution >= 4 is 5.97 Å². The molecule has 2 aliphatic carbocycles. The zero-order valence-electron chi connectivity index (χ0n) is 12.7. The number of carbonyl (C=O) groups excluding carboxylic acids is 1. The molecular weight excluding hydrogens is 307 g/mol. The molecule has 0 radical (unpaired) electrons. The molecule has 1 aromatic rings. The van der Waals surface area contributed by atoms with E-state index in [1.54, 1.807) is 0 Å². The van der Waals surface area contributed by atoms with Crippen LogP contribution >= 0.6 is 0 Å². The number of halogens is 3. The van der Waals surface area contributed by atoms with E-state index in [0.29, 0.717) is 5.92 Å². The minimum atomic E-state index is -5.00. The summed E-state index contributed by atoms with van der Waals surface area (Å²) < 4.78 is 41.1.